The fourth-order valence-corrected chi connectivity index (χ4v) is 2.77. The molecule has 2 rings (SSSR count). The molecular formula is C20H18ClF3N2O4. The minimum atomic E-state index is -5.32. The van der Waals surface area contributed by atoms with E-state index in [0.717, 1.165) is 6.07 Å². The fraction of sp³-hybridized carbons (Fsp3) is 0.250. The van der Waals surface area contributed by atoms with Crippen LogP contribution in [0.1, 0.15) is 34.6 Å². The molecule has 2 N–H and O–H groups in total. The first-order valence-corrected chi connectivity index (χ1v) is 9.09. The number of carbonyl (C=O) groups is 3. The number of ketones is 1. The summed E-state index contributed by atoms with van der Waals surface area (Å²) in [5.74, 6) is -3.42. The summed E-state index contributed by atoms with van der Waals surface area (Å²) in [7, 11) is 0. The van der Waals surface area contributed by atoms with Crippen molar-refractivity contribution in [3.05, 3.63) is 64.7 Å². The van der Waals surface area contributed by atoms with Gasteiger partial charge in [0.2, 0.25) is 0 Å². The second-order valence-electron chi connectivity index (χ2n) is 6.16. The van der Waals surface area contributed by atoms with E-state index in [2.05, 4.69) is 4.74 Å². The van der Waals surface area contributed by atoms with E-state index in [1.807, 2.05) is 5.32 Å². The predicted octanol–water partition coefficient (Wildman–Crippen LogP) is 4.21. The average Bonchev–Trinajstić information content (AvgIpc) is 2.67. The van der Waals surface area contributed by atoms with E-state index in [4.69, 9.17) is 11.6 Å². The third-order valence-electron chi connectivity index (χ3n) is 4.03. The standard InChI is InChI=1S/C20H18ClF3N2O4/c1-3-30-18(29)19(20(22,23)24,25-14-8-6-7-13(11-14)12(2)27)26-17(28)15-9-4-5-10-16(15)21/h4-11,25H,3H2,1-2H3,(H,26,28)/t19-/m0/s1. The largest absolute Gasteiger partial charge is 0.463 e. The van der Waals surface area contributed by atoms with Crippen molar-refractivity contribution >= 4 is 34.9 Å². The molecule has 0 spiro atoms. The van der Waals surface area contributed by atoms with Crippen molar-refractivity contribution in [1.82, 2.24) is 5.32 Å². The molecule has 0 aromatic heterocycles. The lowest BCUT2D eigenvalue weighted by Gasteiger charge is -2.35. The Morgan fingerprint density at radius 3 is 2.30 bits per heavy atom. The Kier molecular flexibility index (Phi) is 7.09. The minimum absolute atomic E-state index is 0.103. The molecule has 0 aliphatic rings. The number of hydrogen-bond acceptors (Lipinski definition) is 5. The van der Waals surface area contributed by atoms with E-state index in [1.54, 1.807) is 5.32 Å². The van der Waals surface area contributed by atoms with Gasteiger partial charge in [-0.1, -0.05) is 35.9 Å². The molecule has 0 radical (unpaired) electrons. The van der Waals surface area contributed by atoms with Crippen LogP contribution < -0.4 is 10.6 Å². The highest BCUT2D eigenvalue weighted by atomic mass is 35.5. The van der Waals surface area contributed by atoms with Gasteiger partial charge in [0.1, 0.15) is 0 Å². The maximum Gasteiger partial charge on any atom is 0.441 e. The van der Waals surface area contributed by atoms with E-state index in [-0.39, 0.29) is 28.4 Å². The summed E-state index contributed by atoms with van der Waals surface area (Å²) < 4.78 is 47.2. The van der Waals surface area contributed by atoms with Crippen molar-refractivity contribution in [2.24, 2.45) is 0 Å². The van der Waals surface area contributed by atoms with Crippen molar-refractivity contribution in [2.75, 3.05) is 11.9 Å². The zero-order valence-corrected chi connectivity index (χ0v) is 16.7. The third kappa shape index (κ3) is 4.91. The molecule has 0 aliphatic heterocycles. The second kappa shape index (κ2) is 9.17. The van der Waals surface area contributed by atoms with Crippen LogP contribution >= 0.6 is 11.6 Å². The van der Waals surface area contributed by atoms with Crippen LogP contribution in [0, 0.1) is 0 Å². The van der Waals surface area contributed by atoms with Crippen LogP contribution in [0.15, 0.2) is 48.5 Å². The quantitative estimate of drug-likeness (QED) is 0.381. The van der Waals surface area contributed by atoms with Gasteiger partial charge in [-0.2, -0.15) is 13.2 Å². The SMILES string of the molecule is CCOC(=O)[C@@](NC(=O)c1ccccc1Cl)(Nc1cccc(C(C)=O)c1)C(F)(F)F. The zero-order valence-electron chi connectivity index (χ0n) is 16.0. The number of hydrogen-bond donors (Lipinski definition) is 2. The van der Waals surface area contributed by atoms with Gasteiger partial charge in [0.25, 0.3) is 5.91 Å². The van der Waals surface area contributed by atoms with Gasteiger partial charge < -0.3 is 15.4 Å². The van der Waals surface area contributed by atoms with E-state index >= 15 is 0 Å². The third-order valence-corrected chi connectivity index (χ3v) is 4.36. The number of nitrogens with one attached hydrogen (secondary N) is 2. The maximum atomic E-state index is 14.2. The van der Waals surface area contributed by atoms with E-state index in [9.17, 15) is 27.6 Å². The van der Waals surface area contributed by atoms with E-state index in [1.165, 1.54) is 56.3 Å². The summed E-state index contributed by atoms with van der Waals surface area (Å²) in [5, 5.41) is 3.59. The predicted molar refractivity (Wildman–Crippen MR) is 104 cm³/mol. The summed E-state index contributed by atoms with van der Waals surface area (Å²) in [6, 6.07) is 10.5. The number of rotatable bonds is 7. The highest BCUT2D eigenvalue weighted by Crippen LogP contribution is 2.34. The molecule has 2 aromatic rings. The first kappa shape index (κ1) is 23.2. The molecule has 2 aromatic carbocycles. The smallest absolute Gasteiger partial charge is 0.441 e. The summed E-state index contributed by atoms with van der Waals surface area (Å²) in [6.07, 6.45) is -5.32. The van der Waals surface area contributed by atoms with Gasteiger partial charge in [0.15, 0.2) is 5.78 Å². The number of amides is 1. The van der Waals surface area contributed by atoms with Crippen molar-refractivity contribution < 1.29 is 32.3 Å². The maximum absolute atomic E-state index is 14.2. The van der Waals surface area contributed by atoms with Gasteiger partial charge in [0, 0.05) is 11.3 Å². The lowest BCUT2D eigenvalue weighted by atomic mass is 10.1. The van der Waals surface area contributed by atoms with Crippen LogP contribution in [0.2, 0.25) is 5.02 Å². The molecule has 0 aliphatic carbocycles. The van der Waals surface area contributed by atoms with Gasteiger partial charge >= 0.3 is 17.8 Å². The molecule has 0 saturated carbocycles. The first-order valence-electron chi connectivity index (χ1n) is 8.72. The summed E-state index contributed by atoms with van der Waals surface area (Å²) in [6.45, 7) is 2.19. The van der Waals surface area contributed by atoms with E-state index < -0.39 is 29.5 Å². The second-order valence-corrected chi connectivity index (χ2v) is 6.57. The lowest BCUT2D eigenvalue weighted by Crippen LogP contribution is -2.69. The molecule has 160 valence electrons. The molecule has 30 heavy (non-hydrogen) atoms. The average molecular weight is 443 g/mol. The number of anilines is 1. The molecule has 0 bridgehead atoms. The summed E-state index contributed by atoms with van der Waals surface area (Å²) >= 11 is 5.90. The number of Topliss-reactive ketones (excluding diaryl/α,β-unsaturated/α-hetero) is 1. The molecule has 6 nitrogen and oxygen atoms in total. The molecule has 1 atom stereocenters. The van der Waals surface area contributed by atoms with E-state index in [0.29, 0.717) is 0 Å². The van der Waals surface area contributed by atoms with Crippen LogP contribution in [0.5, 0.6) is 0 Å². The Balaban J connectivity index is 2.57. The molecule has 0 fully saturated rings. The topological polar surface area (TPSA) is 84.5 Å². The number of ether oxygens (including phenoxy) is 1. The van der Waals surface area contributed by atoms with Crippen LogP contribution in [-0.4, -0.2) is 36.1 Å². The number of benzene rings is 2. The Morgan fingerprint density at radius 1 is 1.07 bits per heavy atom. The van der Waals surface area contributed by atoms with Crippen LogP contribution in [0.3, 0.4) is 0 Å². The monoisotopic (exact) mass is 442 g/mol. The Labute approximate surface area is 175 Å². The number of esters is 1. The normalized spacial score (nSPS) is 13.1. The summed E-state index contributed by atoms with van der Waals surface area (Å²) in [5.41, 5.74) is -4.02. The first-order chi connectivity index (χ1) is 14.0. The van der Waals surface area contributed by atoms with Gasteiger partial charge in [-0.3, -0.25) is 9.59 Å². The zero-order chi connectivity index (χ0) is 22.5. The molecule has 0 heterocycles. The van der Waals surface area contributed by atoms with Crippen LogP contribution in [-0.2, 0) is 9.53 Å². The Bertz CT molecular complexity index is 965. The minimum Gasteiger partial charge on any atom is -0.463 e. The van der Waals surface area contributed by atoms with Crippen LogP contribution in [0.4, 0.5) is 18.9 Å². The highest BCUT2D eigenvalue weighted by molar-refractivity contribution is 6.33. The van der Waals surface area contributed by atoms with Gasteiger partial charge in [-0.25, -0.2) is 4.79 Å². The molecule has 10 heteroatoms. The summed E-state index contributed by atoms with van der Waals surface area (Å²) in [4.78, 5) is 36.6. The number of alkyl halides is 3. The van der Waals surface area contributed by atoms with Crippen molar-refractivity contribution in [2.45, 2.75) is 25.7 Å². The lowest BCUT2D eigenvalue weighted by molar-refractivity contribution is -0.204. The Hall–Kier alpha value is -3.07. The number of carbonyl (C=O) groups excluding carboxylic acids is 3. The molecule has 0 saturated heterocycles. The van der Waals surface area contributed by atoms with Gasteiger partial charge in [-0.15, -0.1) is 0 Å². The molecular weight excluding hydrogens is 425 g/mol. The fourth-order valence-electron chi connectivity index (χ4n) is 2.55. The van der Waals surface area contributed by atoms with Crippen molar-refractivity contribution in [3.8, 4) is 0 Å². The van der Waals surface area contributed by atoms with Gasteiger partial charge in [-0.05, 0) is 38.1 Å². The molecule has 1 amide bonds. The Morgan fingerprint density at radius 2 is 1.73 bits per heavy atom. The van der Waals surface area contributed by atoms with Crippen LogP contribution in [0.25, 0.3) is 0 Å². The number of halogens is 4. The molecule has 0 unspecified atom stereocenters. The highest BCUT2D eigenvalue weighted by Gasteiger charge is 2.63. The van der Waals surface area contributed by atoms with Gasteiger partial charge in [0.05, 0.1) is 17.2 Å². The van der Waals surface area contributed by atoms with Crippen molar-refractivity contribution in [3.63, 3.8) is 0 Å². The van der Waals surface area contributed by atoms with Crippen molar-refractivity contribution in [1.29, 1.82) is 0 Å².